The van der Waals surface area contributed by atoms with E-state index in [9.17, 15) is 4.79 Å². The molecule has 0 aromatic heterocycles. The van der Waals surface area contributed by atoms with Crippen LogP contribution in [0, 0.1) is 5.41 Å². The van der Waals surface area contributed by atoms with E-state index in [1.54, 1.807) is 0 Å². The number of carboxylic acids is 1. The molecule has 0 radical (unpaired) electrons. The van der Waals surface area contributed by atoms with Gasteiger partial charge in [-0.2, -0.15) is 0 Å². The highest BCUT2D eigenvalue weighted by Crippen LogP contribution is 2.33. The Morgan fingerprint density at radius 3 is 2.79 bits per heavy atom. The number of hydrogen-bond donors (Lipinski definition) is 2. The van der Waals surface area contributed by atoms with E-state index < -0.39 is 5.97 Å². The number of aliphatic carboxylic acids is 1. The fourth-order valence-electron chi connectivity index (χ4n) is 2.10. The summed E-state index contributed by atoms with van der Waals surface area (Å²) in [6.07, 6.45) is 5.91. The summed E-state index contributed by atoms with van der Waals surface area (Å²) in [5.41, 5.74) is 0.444. The first kappa shape index (κ1) is 11.5. The van der Waals surface area contributed by atoms with Crippen LogP contribution in [0.3, 0.4) is 0 Å². The second kappa shape index (κ2) is 4.78. The van der Waals surface area contributed by atoms with Gasteiger partial charge in [0.15, 0.2) is 0 Å². The third kappa shape index (κ3) is 4.09. The molecule has 1 fully saturated rings. The fraction of sp³-hybridized carbons (Fsp3) is 0.909. The molecule has 3 nitrogen and oxygen atoms in total. The molecule has 2 N–H and O–H groups in total. The van der Waals surface area contributed by atoms with E-state index in [1.165, 1.54) is 19.3 Å². The molecule has 1 rings (SSSR count). The Morgan fingerprint density at radius 2 is 2.14 bits per heavy atom. The zero-order valence-corrected chi connectivity index (χ0v) is 9.18. The lowest BCUT2D eigenvalue weighted by Crippen LogP contribution is -2.33. The molecule has 1 saturated carbocycles. The predicted molar refractivity (Wildman–Crippen MR) is 56.3 cm³/mol. The molecule has 82 valence electrons. The van der Waals surface area contributed by atoms with Crippen LogP contribution in [-0.2, 0) is 4.79 Å². The second-order valence-corrected chi connectivity index (χ2v) is 5.07. The van der Waals surface area contributed by atoms with Gasteiger partial charge < -0.3 is 10.4 Å². The smallest absolute Gasteiger partial charge is 0.317 e. The van der Waals surface area contributed by atoms with Gasteiger partial charge in [-0.1, -0.05) is 20.3 Å². The minimum atomic E-state index is -0.756. The molecule has 0 heterocycles. The maximum Gasteiger partial charge on any atom is 0.317 e. The lowest BCUT2D eigenvalue weighted by Gasteiger charge is -2.21. The van der Waals surface area contributed by atoms with Crippen molar-refractivity contribution in [3.63, 3.8) is 0 Å². The SMILES string of the molecule is CC1(C)CCCC(NCC(=O)O)CC1. The summed E-state index contributed by atoms with van der Waals surface area (Å²) < 4.78 is 0. The van der Waals surface area contributed by atoms with Crippen LogP contribution in [0.15, 0.2) is 0 Å². The lowest BCUT2D eigenvalue weighted by molar-refractivity contribution is -0.136. The first-order chi connectivity index (χ1) is 6.49. The molecule has 0 aliphatic heterocycles. The third-order valence-corrected chi connectivity index (χ3v) is 3.12. The maximum absolute atomic E-state index is 10.4. The van der Waals surface area contributed by atoms with Gasteiger partial charge in [-0.3, -0.25) is 4.79 Å². The number of rotatable bonds is 3. The molecule has 1 atom stereocenters. The van der Waals surface area contributed by atoms with Gasteiger partial charge in [0, 0.05) is 6.04 Å². The molecule has 0 aromatic rings. The standard InChI is InChI=1S/C11H21NO2/c1-11(2)6-3-4-9(5-7-11)12-8-10(13)14/h9,12H,3-8H2,1-2H3,(H,13,14). The molecule has 0 aromatic carbocycles. The van der Waals surface area contributed by atoms with Gasteiger partial charge in [0.05, 0.1) is 6.54 Å². The van der Waals surface area contributed by atoms with E-state index >= 15 is 0 Å². The molecule has 0 bridgehead atoms. The summed E-state index contributed by atoms with van der Waals surface area (Å²) >= 11 is 0. The van der Waals surface area contributed by atoms with Crippen LogP contribution in [0.4, 0.5) is 0 Å². The van der Waals surface area contributed by atoms with Gasteiger partial charge in [-0.25, -0.2) is 0 Å². The second-order valence-electron chi connectivity index (χ2n) is 5.07. The summed E-state index contributed by atoms with van der Waals surface area (Å²) in [6, 6.07) is 0.410. The Balaban J connectivity index is 2.31. The highest BCUT2D eigenvalue weighted by molar-refractivity contribution is 5.69. The first-order valence-electron chi connectivity index (χ1n) is 5.45. The van der Waals surface area contributed by atoms with Crippen LogP contribution in [0.25, 0.3) is 0 Å². The van der Waals surface area contributed by atoms with Crippen molar-refractivity contribution < 1.29 is 9.90 Å². The highest BCUT2D eigenvalue weighted by atomic mass is 16.4. The summed E-state index contributed by atoms with van der Waals surface area (Å²) in [4.78, 5) is 10.4. The van der Waals surface area contributed by atoms with Crippen molar-refractivity contribution in [2.24, 2.45) is 5.41 Å². The zero-order valence-electron chi connectivity index (χ0n) is 9.18. The van der Waals surface area contributed by atoms with E-state index in [4.69, 9.17) is 5.11 Å². The van der Waals surface area contributed by atoms with Gasteiger partial charge in [0.2, 0.25) is 0 Å². The Labute approximate surface area is 85.9 Å². The largest absolute Gasteiger partial charge is 0.480 e. The van der Waals surface area contributed by atoms with Crippen LogP contribution in [-0.4, -0.2) is 23.7 Å². The number of hydrogen-bond acceptors (Lipinski definition) is 2. The van der Waals surface area contributed by atoms with Crippen LogP contribution >= 0.6 is 0 Å². The normalized spacial score (nSPS) is 26.9. The minimum Gasteiger partial charge on any atom is -0.480 e. The average molecular weight is 199 g/mol. The maximum atomic E-state index is 10.4. The lowest BCUT2D eigenvalue weighted by atomic mass is 9.85. The quantitative estimate of drug-likeness (QED) is 0.684. The fourth-order valence-corrected chi connectivity index (χ4v) is 2.10. The van der Waals surface area contributed by atoms with E-state index in [-0.39, 0.29) is 6.54 Å². The summed E-state index contributed by atoms with van der Waals surface area (Å²) in [7, 11) is 0. The van der Waals surface area contributed by atoms with Gasteiger partial charge in [-0.05, 0) is 31.1 Å². The van der Waals surface area contributed by atoms with Crippen molar-refractivity contribution >= 4 is 5.97 Å². The molecule has 1 unspecified atom stereocenters. The number of nitrogens with one attached hydrogen (secondary N) is 1. The van der Waals surface area contributed by atoms with Crippen molar-refractivity contribution in [2.75, 3.05) is 6.54 Å². The van der Waals surface area contributed by atoms with Crippen LogP contribution < -0.4 is 5.32 Å². The first-order valence-corrected chi connectivity index (χ1v) is 5.45. The van der Waals surface area contributed by atoms with E-state index in [0.717, 1.165) is 12.8 Å². The number of carboxylic acid groups (broad SMARTS) is 1. The zero-order chi connectivity index (χ0) is 10.6. The Bertz CT molecular complexity index is 201. The van der Waals surface area contributed by atoms with Crippen LogP contribution in [0.5, 0.6) is 0 Å². The van der Waals surface area contributed by atoms with Gasteiger partial charge in [0.1, 0.15) is 0 Å². The topological polar surface area (TPSA) is 49.3 Å². The summed E-state index contributed by atoms with van der Waals surface area (Å²) in [5, 5.41) is 11.7. The molecule has 0 amide bonds. The molecule has 0 saturated heterocycles. The Morgan fingerprint density at radius 1 is 1.43 bits per heavy atom. The van der Waals surface area contributed by atoms with Crippen molar-refractivity contribution in [1.29, 1.82) is 0 Å². The highest BCUT2D eigenvalue weighted by Gasteiger charge is 2.24. The molecular formula is C11H21NO2. The van der Waals surface area contributed by atoms with Crippen molar-refractivity contribution in [3.05, 3.63) is 0 Å². The van der Waals surface area contributed by atoms with Crippen molar-refractivity contribution in [3.8, 4) is 0 Å². The van der Waals surface area contributed by atoms with Crippen LogP contribution in [0.2, 0.25) is 0 Å². The Kier molecular flexibility index (Phi) is 3.93. The Hall–Kier alpha value is -0.570. The van der Waals surface area contributed by atoms with E-state index in [1.807, 2.05) is 0 Å². The molecule has 1 aliphatic carbocycles. The van der Waals surface area contributed by atoms with Gasteiger partial charge in [-0.15, -0.1) is 0 Å². The van der Waals surface area contributed by atoms with E-state index in [2.05, 4.69) is 19.2 Å². The average Bonchev–Trinajstić information content (AvgIpc) is 2.23. The number of carbonyl (C=O) groups is 1. The molecule has 0 spiro atoms. The third-order valence-electron chi connectivity index (χ3n) is 3.12. The molecule has 3 heteroatoms. The molecular weight excluding hydrogens is 178 g/mol. The molecule has 1 aliphatic rings. The minimum absolute atomic E-state index is 0.102. The van der Waals surface area contributed by atoms with Crippen molar-refractivity contribution in [1.82, 2.24) is 5.32 Å². The van der Waals surface area contributed by atoms with Gasteiger partial charge >= 0.3 is 5.97 Å². The van der Waals surface area contributed by atoms with Crippen LogP contribution in [0.1, 0.15) is 46.0 Å². The van der Waals surface area contributed by atoms with Gasteiger partial charge in [0.25, 0.3) is 0 Å². The monoisotopic (exact) mass is 199 g/mol. The van der Waals surface area contributed by atoms with Crippen molar-refractivity contribution in [2.45, 2.75) is 52.0 Å². The summed E-state index contributed by atoms with van der Waals surface area (Å²) in [6.45, 7) is 4.70. The summed E-state index contributed by atoms with van der Waals surface area (Å²) in [5.74, 6) is -0.756. The van der Waals surface area contributed by atoms with E-state index in [0.29, 0.717) is 11.5 Å². The predicted octanol–water partition coefficient (Wildman–Crippen LogP) is 2.02. The molecule has 14 heavy (non-hydrogen) atoms.